The summed E-state index contributed by atoms with van der Waals surface area (Å²) in [6.45, 7) is 1.11. The summed E-state index contributed by atoms with van der Waals surface area (Å²) in [7, 11) is 6.44. The minimum atomic E-state index is -0.129. The molecule has 0 bridgehead atoms. The number of nitrogens with one attached hydrogen (secondary N) is 2. The first-order valence-electron chi connectivity index (χ1n) is 12.5. The topological polar surface area (TPSA) is 85.1 Å². The van der Waals surface area contributed by atoms with E-state index < -0.39 is 0 Å². The quantitative estimate of drug-likeness (QED) is 0.376. The Hall–Kier alpha value is -3.46. The minimum Gasteiger partial charge on any atom is -0.493 e. The van der Waals surface area contributed by atoms with Crippen LogP contribution in [0.1, 0.15) is 36.8 Å². The highest BCUT2D eigenvalue weighted by atomic mass is 32.1. The molecule has 0 spiro atoms. The molecule has 0 aliphatic heterocycles. The van der Waals surface area contributed by atoms with Gasteiger partial charge in [0, 0.05) is 29.6 Å². The number of methoxy groups -OCH3 is 4. The molecule has 1 fully saturated rings. The van der Waals surface area contributed by atoms with Crippen LogP contribution in [0, 0.1) is 0 Å². The van der Waals surface area contributed by atoms with Crippen molar-refractivity contribution in [3.63, 3.8) is 0 Å². The Labute approximate surface area is 222 Å². The van der Waals surface area contributed by atoms with Gasteiger partial charge in [0.2, 0.25) is 0 Å². The lowest BCUT2D eigenvalue weighted by Gasteiger charge is -2.31. The summed E-state index contributed by atoms with van der Waals surface area (Å²) in [5, 5.41) is 4.97. The summed E-state index contributed by atoms with van der Waals surface area (Å²) in [4.78, 5) is 18.2. The van der Waals surface area contributed by atoms with Gasteiger partial charge in [0.05, 0.1) is 40.5 Å². The van der Waals surface area contributed by atoms with Crippen molar-refractivity contribution < 1.29 is 18.9 Å². The molecular weight excluding hydrogens is 490 g/mol. The van der Waals surface area contributed by atoms with E-state index in [0.717, 1.165) is 30.2 Å². The molecule has 0 radical (unpaired) electrons. The van der Waals surface area contributed by atoms with Crippen molar-refractivity contribution in [1.29, 1.82) is 0 Å². The Bertz CT molecular complexity index is 1300. The number of thiocarbonyl (C=S) groups is 1. The lowest BCUT2D eigenvalue weighted by molar-refractivity contribution is 0.302. The summed E-state index contributed by atoms with van der Waals surface area (Å²) in [5.41, 5.74) is 2.36. The zero-order chi connectivity index (χ0) is 26.4. The largest absolute Gasteiger partial charge is 0.493 e. The second kappa shape index (κ2) is 12.2. The fraction of sp³-hybridized carbons (Fsp3) is 0.429. The van der Waals surface area contributed by atoms with E-state index in [1.165, 1.54) is 12.8 Å². The van der Waals surface area contributed by atoms with Crippen LogP contribution in [0.15, 0.2) is 41.2 Å². The number of rotatable bonds is 10. The van der Waals surface area contributed by atoms with E-state index in [2.05, 4.69) is 15.2 Å². The third-order valence-corrected chi connectivity index (χ3v) is 7.31. The number of aromatic nitrogens is 1. The number of ether oxygens (including phenoxy) is 4. The number of H-pyrrole nitrogens is 1. The molecule has 2 N–H and O–H groups in total. The van der Waals surface area contributed by atoms with Crippen LogP contribution >= 0.6 is 12.2 Å². The molecule has 4 rings (SSSR count). The summed E-state index contributed by atoms with van der Waals surface area (Å²) < 4.78 is 21.6. The Morgan fingerprint density at radius 2 is 1.59 bits per heavy atom. The van der Waals surface area contributed by atoms with Gasteiger partial charge in [-0.25, -0.2) is 0 Å². The first-order chi connectivity index (χ1) is 18.0. The van der Waals surface area contributed by atoms with Gasteiger partial charge in [0.25, 0.3) is 5.56 Å². The van der Waals surface area contributed by atoms with Crippen molar-refractivity contribution >= 4 is 28.2 Å². The van der Waals surface area contributed by atoms with E-state index in [-0.39, 0.29) is 5.56 Å². The molecule has 9 heteroatoms. The molecule has 1 aliphatic carbocycles. The van der Waals surface area contributed by atoms with Crippen molar-refractivity contribution in [2.45, 2.75) is 44.7 Å². The molecule has 198 valence electrons. The van der Waals surface area contributed by atoms with Crippen LogP contribution < -0.4 is 29.8 Å². The highest BCUT2D eigenvalue weighted by Crippen LogP contribution is 2.32. The summed E-state index contributed by atoms with van der Waals surface area (Å²) in [5.74, 6) is 2.61. The van der Waals surface area contributed by atoms with Crippen molar-refractivity contribution in [3.05, 3.63) is 57.9 Å². The fourth-order valence-corrected chi connectivity index (χ4v) is 5.23. The van der Waals surface area contributed by atoms with E-state index in [1.807, 2.05) is 30.3 Å². The van der Waals surface area contributed by atoms with Crippen LogP contribution in [0.5, 0.6) is 23.0 Å². The van der Waals surface area contributed by atoms with Gasteiger partial charge in [-0.3, -0.25) is 4.79 Å². The number of hydrogen-bond donors (Lipinski definition) is 2. The van der Waals surface area contributed by atoms with Crippen molar-refractivity contribution in [2.24, 2.45) is 0 Å². The van der Waals surface area contributed by atoms with E-state index in [4.69, 9.17) is 31.2 Å². The molecule has 3 aromatic rings. The standard InChI is InChI=1S/C28H35N3O5S/c1-33-23-10-9-18(13-24(23)34-2)11-12-29-28(37)31(21-7-5-6-8-21)17-20-14-19-15-25(35-3)26(36-4)16-22(19)30-27(20)32/h9-10,13-16,21H,5-8,11-12,17H2,1-4H3,(H,29,37)(H,30,32). The number of benzene rings is 2. The lowest BCUT2D eigenvalue weighted by atomic mass is 10.1. The Kier molecular flexibility index (Phi) is 8.76. The molecule has 0 amide bonds. The van der Waals surface area contributed by atoms with Crippen LogP contribution in [-0.2, 0) is 13.0 Å². The third kappa shape index (κ3) is 6.10. The van der Waals surface area contributed by atoms with E-state index in [9.17, 15) is 4.79 Å². The van der Waals surface area contributed by atoms with Crippen LogP contribution in [0.2, 0.25) is 0 Å². The van der Waals surface area contributed by atoms with E-state index >= 15 is 0 Å². The number of hydrogen-bond acceptors (Lipinski definition) is 6. The average molecular weight is 526 g/mol. The molecule has 1 aromatic heterocycles. The van der Waals surface area contributed by atoms with E-state index in [0.29, 0.717) is 58.3 Å². The zero-order valence-corrected chi connectivity index (χ0v) is 22.7. The van der Waals surface area contributed by atoms with Gasteiger partial charge < -0.3 is 34.1 Å². The molecule has 0 atom stereocenters. The van der Waals surface area contributed by atoms with Crippen LogP contribution in [0.25, 0.3) is 10.9 Å². The second-order valence-corrected chi connectivity index (χ2v) is 9.54. The van der Waals surface area contributed by atoms with Gasteiger partial charge in [-0.05, 0) is 61.3 Å². The monoisotopic (exact) mass is 525 g/mol. The predicted octanol–water partition coefficient (Wildman–Crippen LogP) is 4.42. The smallest absolute Gasteiger partial charge is 0.253 e. The highest BCUT2D eigenvalue weighted by Gasteiger charge is 2.25. The maximum Gasteiger partial charge on any atom is 0.253 e. The molecule has 0 saturated heterocycles. The normalized spacial score (nSPS) is 13.4. The van der Waals surface area contributed by atoms with Gasteiger partial charge >= 0.3 is 0 Å². The second-order valence-electron chi connectivity index (χ2n) is 9.16. The first-order valence-corrected chi connectivity index (χ1v) is 12.9. The maximum atomic E-state index is 13.0. The molecular formula is C28H35N3O5S. The number of fused-ring (bicyclic) bond motifs is 1. The van der Waals surface area contributed by atoms with Crippen molar-refractivity contribution in [2.75, 3.05) is 35.0 Å². The van der Waals surface area contributed by atoms with Gasteiger partial charge in [-0.15, -0.1) is 0 Å². The molecule has 1 saturated carbocycles. The van der Waals surface area contributed by atoms with E-state index in [1.54, 1.807) is 34.5 Å². The number of nitrogens with zero attached hydrogens (tertiary/aromatic N) is 1. The third-order valence-electron chi connectivity index (χ3n) is 6.93. The van der Waals surface area contributed by atoms with Crippen LogP contribution in [0.4, 0.5) is 0 Å². The maximum absolute atomic E-state index is 13.0. The molecule has 37 heavy (non-hydrogen) atoms. The zero-order valence-electron chi connectivity index (χ0n) is 21.9. The summed E-state index contributed by atoms with van der Waals surface area (Å²) in [6.07, 6.45) is 5.24. The van der Waals surface area contributed by atoms with Gasteiger partial charge in [0.1, 0.15) is 0 Å². The average Bonchev–Trinajstić information content (AvgIpc) is 3.45. The number of aromatic amines is 1. The number of pyridine rings is 1. The van der Waals surface area contributed by atoms with Crippen molar-refractivity contribution in [3.8, 4) is 23.0 Å². The van der Waals surface area contributed by atoms with Gasteiger partial charge in [0.15, 0.2) is 28.1 Å². The fourth-order valence-electron chi connectivity index (χ4n) is 4.91. The lowest BCUT2D eigenvalue weighted by Crippen LogP contribution is -2.45. The molecule has 1 aliphatic rings. The first kappa shape index (κ1) is 26.6. The molecule has 1 heterocycles. The Morgan fingerprint density at radius 1 is 0.946 bits per heavy atom. The SMILES string of the molecule is COc1ccc(CCNC(=S)N(Cc2cc3cc(OC)c(OC)cc3[nH]c2=O)C2CCCC2)cc1OC. The van der Waals surface area contributed by atoms with Crippen molar-refractivity contribution in [1.82, 2.24) is 15.2 Å². The summed E-state index contributed by atoms with van der Waals surface area (Å²) >= 11 is 5.85. The molecule has 2 aromatic carbocycles. The Morgan fingerprint density at radius 3 is 2.27 bits per heavy atom. The van der Waals surface area contributed by atoms with Gasteiger partial charge in [-0.2, -0.15) is 0 Å². The van der Waals surface area contributed by atoms with Gasteiger partial charge in [-0.1, -0.05) is 18.9 Å². The summed E-state index contributed by atoms with van der Waals surface area (Å²) in [6, 6.07) is 11.8. The molecule has 0 unspecified atom stereocenters. The van der Waals surface area contributed by atoms with Crippen LogP contribution in [-0.4, -0.2) is 56.0 Å². The Balaban J connectivity index is 1.50. The highest BCUT2D eigenvalue weighted by molar-refractivity contribution is 7.80. The predicted molar refractivity (Wildman–Crippen MR) is 149 cm³/mol. The molecule has 8 nitrogen and oxygen atoms in total. The minimum absolute atomic E-state index is 0.129. The van der Waals surface area contributed by atoms with Crippen LogP contribution in [0.3, 0.4) is 0 Å².